The molecular formula is C23H26F3N3O3. The fraction of sp³-hybridized carbons (Fsp3) is 0.391. The van der Waals surface area contributed by atoms with Crippen molar-refractivity contribution in [3.05, 3.63) is 77.4 Å². The third-order valence-electron chi connectivity index (χ3n) is 5.31. The Labute approximate surface area is 184 Å². The number of oxazole rings is 1. The molecule has 2 aromatic heterocycles. The predicted octanol–water partition coefficient (Wildman–Crippen LogP) is 5.26. The molecule has 0 fully saturated rings. The smallest absolute Gasteiger partial charge is 0.416 e. The fourth-order valence-electron chi connectivity index (χ4n) is 3.18. The lowest BCUT2D eigenvalue weighted by atomic mass is 10.0. The Kier molecular flexibility index (Phi) is 7.40. The minimum absolute atomic E-state index is 0.0349. The number of alkyl halides is 3. The molecule has 1 N–H and O–H groups in total. The van der Waals surface area contributed by atoms with Crippen molar-refractivity contribution < 1.29 is 26.8 Å². The molecule has 1 unspecified atom stereocenters. The van der Waals surface area contributed by atoms with E-state index in [1.54, 1.807) is 18.2 Å². The quantitative estimate of drug-likeness (QED) is 0.482. The largest absolute Gasteiger partial charge is 0.467 e. The summed E-state index contributed by atoms with van der Waals surface area (Å²) in [7, 11) is 0. The van der Waals surface area contributed by atoms with E-state index in [4.69, 9.17) is 8.83 Å². The van der Waals surface area contributed by atoms with Gasteiger partial charge >= 0.3 is 6.18 Å². The van der Waals surface area contributed by atoms with Crippen LogP contribution in [-0.2, 0) is 25.8 Å². The zero-order valence-electron chi connectivity index (χ0n) is 18.1. The van der Waals surface area contributed by atoms with Crippen LogP contribution in [-0.4, -0.2) is 21.8 Å². The summed E-state index contributed by atoms with van der Waals surface area (Å²) in [4.78, 5) is 18.5. The molecule has 0 radical (unpaired) electrons. The van der Waals surface area contributed by atoms with E-state index < -0.39 is 17.6 Å². The average molecular weight is 449 g/mol. The lowest BCUT2D eigenvalue weighted by molar-refractivity contribution is -0.137. The van der Waals surface area contributed by atoms with E-state index in [0.717, 1.165) is 12.1 Å². The first kappa shape index (κ1) is 23.6. The number of rotatable bonds is 9. The first-order chi connectivity index (χ1) is 15.1. The van der Waals surface area contributed by atoms with Crippen LogP contribution >= 0.6 is 0 Å². The highest BCUT2D eigenvalue weighted by Gasteiger charge is 2.30. The summed E-state index contributed by atoms with van der Waals surface area (Å²) in [5.41, 5.74) is -0.0168. The molecule has 172 valence electrons. The Morgan fingerprint density at radius 1 is 1.12 bits per heavy atom. The first-order valence-electron chi connectivity index (χ1n) is 10.3. The van der Waals surface area contributed by atoms with Gasteiger partial charge in [-0.1, -0.05) is 32.0 Å². The van der Waals surface area contributed by atoms with E-state index in [1.807, 2.05) is 25.7 Å². The number of aromatic nitrogens is 1. The Hall–Kier alpha value is -3.07. The molecule has 2 heterocycles. The highest BCUT2D eigenvalue weighted by atomic mass is 19.4. The molecule has 0 saturated heterocycles. The molecule has 3 aromatic rings. The number of halogens is 3. The standard InChI is InChI=1S/C23H26F3N3O3/c1-15(2)16(3)29(12-17-6-4-7-18(10-17)23(24,25)26)13-21-28-20(14-32-21)22(30)27-11-19-8-5-9-31-19/h4-10,14-16H,11-13H2,1-3H3,(H,27,30). The number of nitrogens with one attached hydrogen (secondary N) is 1. The van der Waals surface area contributed by atoms with E-state index in [2.05, 4.69) is 10.3 Å². The number of hydrogen-bond acceptors (Lipinski definition) is 5. The molecule has 6 nitrogen and oxygen atoms in total. The SMILES string of the molecule is CC(C)C(C)N(Cc1cccc(C(F)(F)F)c1)Cc1nc(C(=O)NCc2ccco2)co1. The number of carbonyl (C=O) groups is 1. The lowest BCUT2D eigenvalue weighted by Crippen LogP contribution is -2.36. The molecule has 0 aliphatic carbocycles. The van der Waals surface area contributed by atoms with Crippen LogP contribution in [0.25, 0.3) is 0 Å². The lowest BCUT2D eigenvalue weighted by Gasteiger charge is -2.31. The minimum atomic E-state index is -4.40. The second kappa shape index (κ2) is 10.0. The van der Waals surface area contributed by atoms with Gasteiger partial charge in [-0.15, -0.1) is 0 Å². The molecule has 1 atom stereocenters. The van der Waals surface area contributed by atoms with Gasteiger partial charge in [0.25, 0.3) is 5.91 Å². The van der Waals surface area contributed by atoms with Crippen molar-refractivity contribution in [2.45, 2.75) is 52.6 Å². The molecule has 3 rings (SSSR count). The fourth-order valence-corrected chi connectivity index (χ4v) is 3.18. The molecule has 0 spiro atoms. The van der Waals surface area contributed by atoms with Gasteiger partial charge in [-0.3, -0.25) is 9.69 Å². The van der Waals surface area contributed by atoms with Gasteiger partial charge < -0.3 is 14.2 Å². The summed E-state index contributed by atoms with van der Waals surface area (Å²) in [6.07, 6.45) is -1.61. The zero-order valence-corrected chi connectivity index (χ0v) is 18.1. The first-order valence-corrected chi connectivity index (χ1v) is 10.3. The second-order valence-electron chi connectivity index (χ2n) is 7.98. The van der Waals surface area contributed by atoms with Crippen LogP contribution in [0.15, 0.2) is 57.8 Å². The maximum absolute atomic E-state index is 13.1. The normalized spacial score (nSPS) is 13.0. The van der Waals surface area contributed by atoms with E-state index in [0.29, 0.717) is 17.2 Å². The highest BCUT2D eigenvalue weighted by molar-refractivity contribution is 5.91. The summed E-state index contributed by atoms with van der Waals surface area (Å²) in [5, 5.41) is 2.69. The van der Waals surface area contributed by atoms with Crippen molar-refractivity contribution in [2.24, 2.45) is 5.92 Å². The highest BCUT2D eigenvalue weighted by Crippen LogP contribution is 2.30. The van der Waals surface area contributed by atoms with Gasteiger partial charge in [-0.2, -0.15) is 13.2 Å². The summed E-state index contributed by atoms with van der Waals surface area (Å²) in [6.45, 7) is 6.82. The summed E-state index contributed by atoms with van der Waals surface area (Å²) in [6, 6.07) is 8.79. The predicted molar refractivity (Wildman–Crippen MR) is 111 cm³/mol. The zero-order chi connectivity index (χ0) is 23.3. The summed E-state index contributed by atoms with van der Waals surface area (Å²) < 4.78 is 49.9. The number of benzene rings is 1. The number of carbonyl (C=O) groups excluding carboxylic acids is 1. The van der Waals surface area contributed by atoms with Crippen molar-refractivity contribution in [2.75, 3.05) is 0 Å². The Balaban J connectivity index is 1.70. The molecule has 0 bridgehead atoms. The third-order valence-corrected chi connectivity index (χ3v) is 5.31. The maximum Gasteiger partial charge on any atom is 0.416 e. The Bertz CT molecular complexity index is 1010. The molecule has 9 heteroatoms. The third kappa shape index (κ3) is 6.23. The number of furan rings is 1. The number of hydrogen-bond donors (Lipinski definition) is 1. The van der Waals surface area contributed by atoms with E-state index in [9.17, 15) is 18.0 Å². The molecule has 1 amide bonds. The van der Waals surface area contributed by atoms with Crippen LogP contribution in [0.3, 0.4) is 0 Å². The number of nitrogens with zero attached hydrogens (tertiary/aromatic N) is 2. The van der Waals surface area contributed by atoms with Crippen LogP contribution < -0.4 is 5.32 Å². The van der Waals surface area contributed by atoms with Crippen LogP contribution in [0, 0.1) is 5.92 Å². The molecule has 0 aliphatic rings. The van der Waals surface area contributed by atoms with Gasteiger partial charge in [0.2, 0.25) is 5.89 Å². The molecule has 32 heavy (non-hydrogen) atoms. The van der Waals surface area contributed by atoms with Gasteiger partial charge in [0, 0.05) is 12.6 Å². The molecule has 1 aromatic carbocycles. The van der Waals surface area contributed by atoms with E-state index in [1.165, 1.54) is 18.6 Å². The van der Waals surface area contributed by atoms with Crippen molar-refractivity contribution >= 4 is 5.91 Å². The van der Waals surface area contributed by atoms with Gasteiger partial charge in [0.05, 0.1) is 24.9 Å². The Morgan fingerprint density at radius 3 is 2.56 bits per heavy atom. The van der Waals surface area contributed by atoms with Crippen LogP contribution in [0.4, 0.5) is 13.2 Å². The minimum Gasteiger partial charge on any atom is -0.467 e. The molecule has 0 saturated carbocycles. The van der Waals surface area contributed by atoms with Gasteiger partial charge in [-0.25, -0.2) is 4.98 Å². The van der Waals surface area contributed by atoms with Gasteiger partial charge in [0.1, 0.15) is 12.0 Å². The van der Waals surface area contributed by atoms with E-state index in [-0.39, 0.29) is 37.3 Å². The van der Waals surface area contributed by atoms with Crippen LogP contribution in [0.2, 0.25) is 0 Å². The molecule has 0 aliphatic heterocycles. The van der Waals surface area contributed by atoms with Crippen molar-refractivity contribution in [3.8, 4) is 0 Å². The summed E-state index contributed by atoms with van der Waals surface area (Å²) in [5.74, 6) is 0.761. The van der Waals surface area contributed by atoms with Gasteiger partial charge in [0.15, 0.2) is 5.69 Å². The van der Waals surface area contributed by atoms with Gasteiger partial charge in [-0.05, 0) is 36.6 Å². The summed E-state index contributed by atoms with van der Waals surface area (Å²) >= 11 is 0. The van der Waals surface area contributed by atoms with Crippen LogP contribution in [0.5, 0.6) is 0 Å². The second-order valence-corrected chi connectivity index (χ2v) is 7.98. The maximum atomic E-state index is 13.1. The van der Waals surface area contributed by atoms with Crippen molar-refractivity contribution in [3.63, 3.8) is 0 Å². The number of amides is 1. The molecular weight excluding hydrogens is 423 g/mol. The van der Waals surface area contributed by atoms with Crippen molar-refractivity contribution in [1.82, 2.24) is 15.2 Å². The monoisotopic (exact) mass is 449 g/mol. The van der Waals surface area contributed by atoms with Crippen LogP contribution in [0.1, 0.15) is 54.0 Å². The average Bonchev–Trinajstić information content (AvgIpc) is 3.42. The Morgan fingerprint density at radius 2 is 1.91 bits per heavy atom. The van der Waals surface area contributed by atoms with Crippen molar-refractivity contribution in [1.29, 1.82) is 0 Å². The topological polar surface area (TPSA) is 71.5 Å². The van der Waals surface area contributed by atoms with E-state index >= 15 is 0 Å².